The molecule has 2 aromatic rings. The summed E-state index contributed by atoms with van der Waals surface area (Å²) in [5.41, 5.74) is 0.765. The zero-order valence-electron chi connectivity index (χ0n) is 16.1. The molecule has 0 aliphatic heterocycles. The number of ketones is 1. The summed E-state index contributed by atoms with van der Waals surface area (Å²) in [5, 5.41) is 9.01. The second-order valence-electron chi connectivity index (χ2n) is 6.23. The lowest BCUT2D eigenvalue weighted by Crippen LogP contribution is -2.07. The molecule has 2 rings (SSSR count). The van der Waals surface area contributed by atoms with Crippen molar-refractivity contribution in [2.75, 3.05) is 12.9 Å². The van der Waals surface area contributed by atoms with Crippen LogP contribution in [-0.4, -0.2) is 35.8 Å². The van der Waals surface area contributed by atoms with Crippen LogP contribution in [0.5, 0.6) is 11.5 Å². The van der Waals surface area contributed by atoms with Gasteiger partial charge in [-0.3, -0.25) is 9.59 Å². The molecule has 154 valence electrons. The van der Waals surface area contributed by atoms with Gasteiger partial charge in [-0.25, -0.2) is 4.39 Å². The van der Waals surface area contributed by atoms with Gasteiger partial charge in [-0.1, -0.05) is 17.7 Å². The molecule has 1 N–H and O–H groups in total. The first kappa shape index (κ1) is 22.8. The maximum atomic E-state index is 14.1. The third-order valence-electron chi connectivity index (χ3n) is 3.60. The highest BCUT2D eigenvalue weighted by Gasteiger charge is 2.13. The zero-order valence-corrected chi connectivity index (χ0v) is 17.6. The average molecular weight is 439 g/mol. The maximum Gasteiger partial charge on any atom is 0.313 e. The number of ether oxygens (including phenoxy) is 2. The van der Waals surface area contributed by atoms with E-state index < -0.39 is 17.6 Å². The van der Waals surface area contributed by atoms with Crippen LogP contribution in [0.1, 0.15) is 29.8 Å². The summed E-state index contributed by atoms with van der Waals surface area (Å²) in [4.78, 5) is 23.1. The molecule has 29 heavy (non-hydrogen) atoms. The molecule has 0 radical (unpaired) electrons. The number of halogens is 2. The van der Waals surface area contributed by atoms with Crippen LogP contribution < -0.4 is 9.47 Å². The molecule has 5 nitrogen and oxygen atoms in total. The van der Waals surface area contributed by atoms with E-state index in [2.05, 4.69) is 0 Å². The lowest BCUT2D eigenvalue weighted by atomic mass is 10.1. The molecule has 0 aromatic heterocycles. The van der Waals surface area contributed by atoms with Gasteiger partial charge in [0.05, 0.1) is 24.0 Å². The molecule has 0 bridgehead atoms. The smallest absolute Gasteiger partial charge is 0.313 e. The average Bonchev–Trinajstić information content (AvgIpc) is 2.66. The molecule has 0 saturated carbocycles. The van der Waals surface area contributed by atoms with Crippen molar-refractivity contribution in [1.82, 2.24) is 0 Å². The van der Waals surface area contributed by atoms with Gasteiger partial charge in [-0.15, -0.1) is 11.8 Å². The normalized spacial score (nSPS) is 11.1. The van der Waals surface area contributed by atoms with Crippen LogP contribution in [-0.2, 0) is 4.79 Å². The van der Waals surface area contributed by atoms with Crippen molar-refractivity contribution < 1.29 is 28.6 Å². The molecule has 8 heteroatoms. The van der Waals surface area contributed by atoms with Gasteiger partial charge in [0.1, 0.15) is 5.82 Å². The first-order valence-corrected chi connectivity index (χ1v) is 9.98. The molecular formula is C21H20ClFO5S. The zero-order chi connectivity index (χ0) is 21.6. The van der Waals surface area contributed by atoms with Crippen LogP contribution in [0.3, 0.4) is 0 Å². The van der Waals surface area contributed by atoms with Gasteiger partial charge in [-0.05, 0) is 55.8 Å². The summed E-state index contributed by atoms with van der Waals surface area (Å²) in [5.74, 6) is -1.50. The van der Waals surface area contributed by atoms with Gasteiger partial charge < -0.3 is 14.6 Å². The number of hydrogen-bond acceptors (Lipinski definition) is 5. The molecule has 0 aliphatic carbocycles. The predicted octanol–water partition coefficient (Wildman–Crippen LogP) is 5.35. The standard InChI is InChI=1S/C21H20ClFO5S/c1-12(2)28-21-15(22)8-13(9-18(21)27-3)4-6-17(24)14-5-7-19(16(23)10-14)29-11-20(25)26/h4-10,12H,11H2,1-3H3,(H,25,26)/b6-4+. The molecule has 2 aromatic carbocycles. The van der Waals surface area contributed by atoms with E-state index in [1.54, 1.807) is 18.2 Å². The first-order chi connectivity index (χ1) is 13.7. The Labute approximate surface area is 177 Å². The molecule has 0 saturated heterocycles. The molecule has 0 spiro atoms. The SMILES string of the molecule is COc1cc(/C=C/C(=O)c2ccc(SCC(=O)O)c(F)c2)cc(Cl)c1OC(C)C. The highest BCUT2D eigenvalue weighted by atomic mass is 35.5. The topological polar surface area (TPSA) is 72.8 Å². The monoisotopic (exact) mass is 438 g/mol. The Hall–Kier alpha value is -2.51. The lowest BCUT2D eigenvalue weighted by Gasteiger charge is -2.15. The van der Waals surface area contributed by atoms with E-state index in [0.29, 0.717) is 22.1 Å². The number of methoxy groups -OCH3 is 1. The molecule has 0 atom stereocenters. The van der Waals surface area contributed by atoms with Crippen LogP contribution in [0.15, 0.2) is 41.3 Å². The van der Waals surface area contributed by atoms with E-state index >= 15 is 0 Å². The highest BCUT2D eigenvalue weighted by Crippen LogP contribution is 2.37. The number of carboxylic acids is 1. The number of carboxylic acid groups (broad SMARTS) is 1. The second kappa shape index (κ2) is 10.3. The van der Waals surface area contributed by atoms with E-state index in [4.69, 9.17) is 26.2 Å². The van der Waals surface area contributed by atoms with Gasteiger partial charge >= 0.3 is 5.97 Å². The summed E-state index contributed by atoms with van der Waals surface area (Å²) >= 11 is 7.11. The fraction of sp³-hybridized carbons (Fsp3) is 0.238. The largest absolute Gasteiger partial charge is 0.493 e. The second-order valence-corrected chi connectivity index (χ2v) is 7.65. The minimum absolute atomic E-state index is 0.0871. The van der Waals surface area contributed by atoms with E-state index in [-0.39, 0.29) is 22.3 Å². The Morgan fingerprint density at radius 2 is 2.00 bits per heavy atom. The van der Waals surface area contributed by atoms with Crippen molar-refractivity contribution in [1.29, 1.82) is 0 Å². The minimum Gasteiger partial charge on any atom is -0.493 e. The number of rotatable bonds is 9. The number of allylic oxidation sites excluding steroid dienone is 1. The minimum atomic E-state index is -1.05. The van der Waals surface area contributed by atoms with Gasteiger partial charge in [0.25, 0.3) is 0 Å². The Balaban J connectivity index is 2.19. The third-order valence-corrected chi connectivity index (χ3v) is 4.91. The highest BCUT2D eigenvalue weighted by molar-refractivity contribution is 8.00. The number of carbonyl (C=O) groups is 2. The number of benzene rings is 2. The number of hydrogen-bond donors (Lipinski definition) is 1. The Morgan fingerprint density at radius 3 is 2.59 bits per heavy atom. The van der Waals surface area contributed by atoms with Crippen LogP contribution in [0.4, 0.5) is 4.39 Å². The Morgan fingerprint density at radius 1 is 1.28 bits per heavy atom. The molecule has 0 aliphatic rings. The van der Waals surface area contributed by atoms with E-state index in [1.165, 1.54) is 25.3 Å². The molecule has 0 fully saturated rings. The van der Waals surface area contributed by atoms with Crippen LogP contribution in [0.2, 0.25) is 5.02 Å². The molecule has 0 heterocycles. The quantitative estimate of drug-likeness (QED) is 0.323. The Bertz CT molecular complexity index is 943. The summed E-state index contributed by atoms with van der Waals surface area (Å²) in [6.07, 6.45) is 2.75. The van der Waals surface area contributed by atoms with Crippen molar-refractivity contribution in [3.8, 4) is 11.5 Å². The van der Waals surface area contributed by atoms with Crippen LogP contribution >= 0.6 is 23.4 Å². The summed E-state index contributed by atoms with van der Waals surface area (Å²) in [6.45, 7) is 3.74. The van der Waals surface area contributed by atoms with E-state index in [0.717, 1.165) is 17.8 Å². The van der Waals surface area contributed by atoms with Gasteiger partial charge in [0, 0.05) is 10.5 Å². The van der Waals surface area contributed by atoms with E-state index in [9.17, 15) is 14.0 Å². The Kier molecular flexibility index (Phi) is 8.10. The van der Waals surface area contributed by atoms with Gasteiger partial charge in [-0.2, -0.15) is 0 Å². The van der Waals surface area contributed by atoms with Crippen molar-refractivity contribution in [2.24, 2.45) is 0 Å². The number of aliphatic carboxylic acids is 1. The first-order valence-electron chi connectivity index (χ1n) is 8.62. The fourth-order valence-corrected chi connectivity index (χ4v) is 3.27. The summed E-state index contributed by atoms with van der Waals surface area (Å²) < 4.78 is 25.0. The van der Waals surface area contributed by atoms with Crippen molar-refractivity contribution >= 4 is 41.2 Å². The van der Waals surface area contributed by atoms with Crippen LogP contribution in [0.25, 0.3) is 6.08 Å². The fourth-order valence-electron chi connectivity index (χ4n) is 2.36. The number of thioether (sulfide) groups is 1. The molecule has 0 unspecified atom stereocenters. The number of carbonyl (C=O) groups excluding carboxylic acids is 1. The molecule has 0 amide bonds. The summed E-state index contributed by atoms with van der Waals surface area (Å²) in [7, 11) is 1.49. The van der Waals surface area contributed by atoms with Crippen molar-refractivity contribution in [3.63, 3.8) is 0 Å². The lowest BCUT2D eigenvalue weighted by molar-refractivity contribution is -0.133. The summed E-state index contributed by atoms with van der Waals surface area (Å²) in [6, 6.07) is 7.25. The third kappa shape index (κ3) is 6.51. The van der Waals surface area contributed by atoms with Crippen LogP contribution in [0, 0.1) is 5.82 Å². The van der Waals surface area contributed by atoms with Crippen molar-refractivity contribution in [3.05, 3.63) is 58.4 Å². The van der Waals surface area contributed by atoms with E-state index in [1.807, 2.05) is 13.8 Å². The predicted molar refractivity (Wildman–Crippen MR) is 112 cm³/mol. The van der Waals surface area contributed by atoms with Gasteiger partial charge in [0.2, 0.25) is 0 Å². The van der Waals surface area contributed by atoms with Gasteiger partial charge in [0.15, 0.2) is 17.3 Å². The maximum absolute atomic E-state index is 14.1. The molecular weight excluding hydrogens is 419 g/mol. The van der Waals surface area contributed by atoms with Crippen molar-refractivity contribution in [2.45, 2.75) is 24.8 Å².